The quantitative estimate of drug-likeness (QED) is 0.909. The summed E-state index contributed by atoms with van der Waals surface area (Å²) in [6.45, 7) is 0. The van der Waals surface area contributed by atoms with E-state index in [2.05, 4.69) is 6.07 Å². The molecule has 2 aliphatic rings. The van der Waals surface area contributed by atoms with Crippen molar-refractivity contribution >= 4 is 10.8 Å². The van der Waals surface area contributed by atoms with Gasteiger partial charge in [-0.25, -0.2) is 0 Å². The third-order valence-electron chi connectivity index (χ3n) is 4.69. The third-order valence-corrected chi connectivity index (χ3v) is 6.81. The minimum absolute atomic E-state index is 0.0419. The number of hydrogen-bond donors (Lipinski definition) is 1. The van der Waals surface area contributed by atoms with Gasteiger partial charge in [0.25, 0.3) is 0 Å². The molecule has 5 heteroatoms. The highest BCUT2D eigenvalue weighted by Crippen LogP contribution is 2.45. The Kier molecular flexibility index (Phi) is 3.76. The van der Waals surface area contributed by atoms with Crippen LogP contribution in [0.2, 0.25) is 0 Å². The van der Waals surface area contributed by atoms with E-state index in [9.17, 15) is 14.6 Å². The number of nitrogens with zero attached hydrogens (tertiary/aromatic N) is 1. The van der Waals surface area contributed by atoms with E-state index < -0.39 is 16.4 Å². The van der Waals surface area contributed by atoms with Crippen LogP contribution >= 0.6 is 0 Å². The van der Waals surface area contributed by atoms with Crippen molar-refractivity contribution in [3.05, 3.63) is 29.3 Å². The number of nitriles is 1. The lowest BCUT2D eigenvalue weighted by Crippen LogP contribution is -2.47. The van der Waals surface area contributed by atoms with Crippen molar-refractivity contribution in [2.45, 2.75) is 48.2 Å². The van der Waals surface area contributed by atoms with E-state index in [1.807, 2.05) is 0 Å². The topological polar surface area (TPSA) is 70.3 Å². The second kappa shape index (κ2) is 5.43. The van der Waals surface area contributed by atoms with Crippen molar-refractivity contribution in [3.8, 4) is 11.8 Å². The number of ether oxygens (including phenoxy) is 1. The van der Waals surface area contributed by atoms with Gasteiger partial charge in [0.15, 0.2) is 0 Å². The maximum atomic E-state index is 12.3. The van der Waals surface area contributed by atoms with Gasteiger partial charge in [0.2, 0.25) is 0 Å². The molecule has 0 aromatic heterocycles. The Hall–Kier alpha value is -1.38. The summed E-state index contributed by atoms with van der Waals surface area (Å²) in [4.78, 5) is 0. The van der Waals surface area contributed by atoms with E-state index >= 15 is 0 Å². The lowest BCUT2D eigenvalue weighted by atomic mass is 9.79. The molecule has 2 heterocycles. The molecule has 0 spiro atoms. The first-order valence-corrected chi connectivity index (χ1v) is 8.55. The number of aliphatic hydroxyl groups is 1. The fraction of sp³-hybridized carbons (Fsp3) is 0.562. The van der Waals surface area contributed by atoms with Crippen LogP contribution < -0.4 is 4.74 Å². The van der Waals surface area contributed by atoms with Crippen LogP contribution in [0.25, 0.3) is 0 Å². The molecule has 3 rings (SSSR count). The average Bonchev–Trinajstić information content (AvgIpc) is 2.48. The average molecular weight is 305 g/mol. The van der Waals surface area contributed by atoms with Crippen LogP contribution in [0.1, 0.15) is 43.2 Å². The second-order valence-electron chi connectivity index (χ2n) is 5.97. The highest BCUT2D eigenvalue weighted by molar-refractivity contribution is 7.86. The first-order valence-electron chi connectivity index (χ1n) is 7.28. The summed E-state index contributed by atoms with van der Waals surface area (Å²) >= 11 is 0. The van der Waals surface area contributed by atoms with E-state index in [1.165, 1.54) is 0 Å². The van der Waals surface area contributed by atoms with Crippen molar-refractivity contribution in [1.29, 1.82) is 5.26 Å². The summed E-state index contributed by atoms with van der Waals surface area (Å²) < 4.78 is 17.5. The molecule has 1 aromatic carbocycles. The molecule has 0 radical (unpaired) electrons. The largest absolute Gasteiger partial charge is 0.497 e. The number of fused-ring (bicyclic) bond motifs is 2. The molecule has 1 aromatic rings. The normalized spacial score (nSPS) is 35.0. The number of benzene rings is 1. The molecule has 2 aliphatic heterocycles. The highest BCUT2D eigenvalue weighted by Gasteiger charge is 2.47. The van der Waals surface area contributed by atoms with Crippen molar-refractivity contribution < 1.29 is 14.1 Å². The Morgan fingerprint density at radius 2 is 2.05 bits per heavy atom. The van der Waals surface area contributed by atoms with E-state index in [4.69, 9.17) is 4.74 Å². The van der Waals surface area contributed by atoms with Crippen molar-refractivity contribution in [2.75, 3.05) is 7.11 Å². The number of hydrogen-bond acceptors (Lipinski definition) is 4. The standard InChI is InChI=1S/C16H19NO3S/c1-20-12-6-5-11(10-17)15(7-12)16(18)8-13-3-2-4-14(9-16)21(13)19/h5-7,13-14,18H,2-4,8-9H2,1H3. The highest BCUT2D eigenvalue weighted by atomic mass is 32.2. The second-order valence-corrected chi connectivity index (χ2v) is 7.96. The summed E-state index contributed by atoms with van der Waals surface area (Å²) in [5, 5.41) is 20.6. The van der Waals surface area contributed by atoms with Crippen LogP contribution in [-0.4, -0.2) is 26.9 Å². The Morgan fingerprint density at radius 1 is 1.38 bits per heavy atom. The molecule has 21 heavy (non-hydrogen) atoms. The molecular weight excluding hydrogens is 286 g/mol. The Balaban J connectivity index is 2.03. The summed E-state index contributed by atoms with van der Waals surface area (Å²) in [5.74, 6) is 0.634. The summed E-state index contributed by atoms with van der Waals surface area (Å²) in [6.07, 6.45) is 3.82. The van der Waals surface area contributed by atoms with E-state index in [0.29, 0.717) is 29.7 Å². The molecule has 0 aliphatic carbocycles. The van der Waals surface area contributed by atoms with Crippen LogP contribution in [-0.2, 0) is 16.4 Å². The van der Waals surface area contributed by atoms with Crippen molar-refractivity contribution in [3.63, 3.8) is 0 Å². The Bertz CT molecular complexity index is 606. The molecule has 0 saturated carbocycles. The molecule has 2 atom stereocenters. The summed E-state index contributed by atoms with van der Waals surface area (Å²) in [6, 6.07) is 7.32. The molecule has 2 fully saturated rings. The SMILES string of the molecule is COc1ccc(C#N)c(C2(O)CC3CCCC(C2)S3=O)c1. The predicted octanol–water partition coefficient (Wildman–Crippen LogP) is 2.22. The van der Waals surface area contributed by atoms with Gasteiger partial charge in [-0.15, -0.1) is 0 Å². The van der Waals surface area contributed by atoms with Gasteiger partial charge in [-0.1, -0.05) is 6.42 Å². The van der Waals surface area contributed by atoms with Gasteiger partial charge in [0.1, 0.15) is 5.75 Å². The smallest absolute Gasteiger partial charge is 0.119 e. The van der Waals surface area contributed by atoms with Crippen LogP contribution in [0.5, 0.6) is 5.75 Å². The molecule has 2 bridgehead atoms. The molecule has 2 saturated heterocycles. The Labute approximate surface area is 127 Å². The first-order chi connectivity index (χ1) is 10.1. The van der Waals surface area contributed by atoms with Crippen LogP contribution in [0.4, 0.5) is 0 Å². The fourth-order valence-electron chi connectivity index (χ4n) is 3.64. The number of rotatable bonds is 2. The van der Waals surface area contributed by atoms with Crippen molar-refractivity contribution in [2.24, 2.45) is 0 Å². The van der Waals surface area contributed by atoms with Gasteiger partial charge in [-0.2, -0.15) is 5.26 Å². The van der Waals surface area contributed by atoms with Gasteiger partial charge in [0.05, 0.1) is 24.3 Å². The van der Waals surface area contributed by atoms with Crippen molar-refractivity contribution in [1.82, 2.24) is 0 Å². The summed E-state index contributed by atoms with van der Waals surface area (Å²) in [7, 11) is 0.723. The zero-order valence-corrected chi connectivity index (χ0v) is 12.9. The minimum Gasteiger partial charge on any atom is -0.497 e. The molecule has 4 nitrogen and oxygen atoms in total. The Morgan fingerprint density at radius 3 is 2.62 bits per heavy atom. The molecule has 2 unspecified atom stereocenters. The lowest BCUT2D eigenvalue weighted by molar-refractivity contribution is 0.00613. The first kappa shape index (κ1) is 14.6. The predicted molar refractivity (Wildman–Crippen MR) is 80.4 cm³/mol. The monoisotopic (exact) mass is 305 g/mol. The van der Waals surface area contributed by atoms with Gasteiger partial charge < -0.3 is 9.84 Å². The molecule has 112 valence electrons. The molecule has 0 amide bonds. The van der Waals surface area contributed by atoms with E-state index in [0.717, 1.165) is 19.3 Å². The fourth-order valence-corrected chi connectivity index (χ4v) is 5.86. The van der Waals surface area contributed by atoms with E-state index in [1.54, 1.807) is 25.3 Å². The molecular formula is C16H19NO3S. The van der Waals surface area contributed by atoms with Crippen LogP contribution in [0, 0.1) is 11.3 Å². The maximum absolute atomic E-state index is 12.3. The summed E-state index contributed by atoms with van der Waals surface area (Å²) in [5.41, 5.74) is 0.0329. The molecule has 1 N–H and O–H groups in total. The van der Waals surface area contributed by atoms with Gasteiger partial charge in [-0.3, -0.25) is 4.21 Å². The zero-order chi connectivity index (χ0) is 15.0. The van der Waals surface area contributed by atoms with Gasteiger partial charge in [0, 0.05) is 26.9 Å². The van der Waals surface area contributed by atoms with Gasteiger partial charge in [-0.05, 0) is 43.9 Å². The lowest BCUT2D eigenvalue weighted by Gasteiger charge is -2.44. The van der Waals surface area contributed by atoms with E-state index in [-0.39, 0.29) is 10.5 Å². The van der Waals surface area contributed by atoms with Gasteiger partial charge >= 0.3 is 0 Å². The third kappa shape index (κ3) is 2.47. The van der Waals surface area contributed by atoms with Crippen LogP contribution in [0.15, 0.2) is 18.2 Å². The van der Waals surface area contributed by atoms with Crippen LogP contribution in [0.3, 0.4) is 0 Å². The maximum Gasteiger partial charge on any atom is 0.119 e. The minimum atomic E-state index is -1.07. The number of methoxy groups -OCH3 is 1. The zero-order valence-electron chi connectivity index (χ0n) is 12.0.